The maximum atomic E-state index is 13.3. The molecule has 9 nitrogen and oxygen atoms in total. The van der Waals surface area contributed by atoms with E-state index in [0.717, 1.165) is 9.87 Å². The van der Waals surface area contributed by atoms with Crippen LogP contribution in [0.5, 0.6) is 5.75 Å². The predicted octanol–water partition coefficient (Wildman–Crippen LogP) is 2.17. The van der Waals surface area contributed by atoms with Crippen molar-refractivity contribution in [2.24, 2.45) is 0 Å². The van der Waals surface area contributed by atoms with Gasteiger partial charge in [-0.15, -0.1) is 0 Å². The molecule has 1 heterocycles. The van der Waals surface area contributed by atoms with Gasteiger partial charge in [-0.05, 0) is 50.6 Å². The zero-order chi connectivity index (χ0) is 25.0. The second kappa shape index (κ2) is 10.3. The molecule has 0 aliphatic carbocycles. The molecule has 1 aliphatic heterocycles. The number of carbonyl (C=O) groups is 3. The van der Waals surface area contributed by atoms with Crippen molar-refractivity contribution < 1.29 is 27.5 Å². The SMILES string of the molecule is COc1cccc(CN(C(=O)CCN2C(=O)c3ccccc3S2(=O)=O)[C@H](C)C(=O)NC(C)C)c1. The van der Waals surface area contributed by atoms with E-state index in [2.05, 4.69) is 5.32 Å². The van der Waals surface area contributed by atoms with Gasteiger partial charge >= 0.3 is 0 Å². The van der Waals surface area contributed by atoms with Gasteiger partial charge in [-0.2, -0.15) is 0 Å². The Balaban J connectivity index is 1.81. The van der Waals surface area contributed by atoms with E-state index in [9.17, 15) is 22.8 Å². The van der Waals surface area contributed by atoms with Crippen molar-refractivity contribution in [3.63, 3.8) is 0 Å². The predicted molar refractivity (Wildman–Crippen MR) is 126 cm³/mol. The molecule has 34 heavy (non-hydrogen) atoms. The summed E-state index contributed by atoms with van der Waals surface area (Å²) in [6.45, 7) is 5.05. The second-order valence-corrected chi connectivity index (χ2v) is 10.2. The molecule has 10 heteroatoms. The third kappa shape index (κ3) is 5.22. The van der Waals surface area contributed by atoms with Crippen molar-refractivity contribution in [2.45, 2.75) is 50.7 Å². The average molecular weight is 488 g/mol. The van der Waals surface area contributed by atoms with E-state index in [1.54, 1.807) is 43.3 Å². The van der Waals surface area contributed by atoms with Gasteiger partial charge in [0.1, 0.15) is 16.7 Å². The van der Waals surface area contributed by atoms with Crippen molar-refractivity contribution in [1.82, 2.24) is 14.5 Å². The van der Waals surface area contributed by atoms with Gasteiger partial charge in [0.15, 0.2) is 0 Å². The summed E-state index contributed by atoms with van der Waals surface area (Å²) in [7, 11) is -2.49. The summed E-state index contributed by atoms with van der Waals surface area (Å²) < 4.78 is 31.6. The molecule has 0 fully saturated rings. The Labute approximate surface area is 199 Å². The number of hydrogen-bond acceptors (Lipinski definition) is 6. The lowest BCUT2D eigenvalue weighted by Gasteiger charge is -2.30. The number of nitrogens with zero attached hydrogens (tertiary/aromatic N) is 2. The van der Waals surface area contributed by atoms with Gasteiger partial charge in [0.2, 0.25) is 11.8 Å². The maximum Gasteiger partial charge on any atom is 0.269 e. The first-order valence-corrected chi connectivity index (χ1v) is 12.4. The fraction of sp³-hybridized carbons (Fsp3) is 0.375. The van der Waals surface area contributed by atoms with E-state index in [-0.39, 0.29) is 41.9 Å². The minimum atomic E-state index is -4.02. The maximum absolute atomic E-state index is 13.3. The van der Waals surface area contributed by atoms with Crippen LogP contribution in [0.25, 0.3) is 0 Å². The molecule has 3 amide bonds. The number of nitrogens with one attached hydrogen (secondary N) is 1. The minimum absolute atomic E-state index is 0.0645. The fourth-order valence-corrected chi connectivity index (χ4v) is 5.32. The van der Waals surface area contributed by atoms with Gasteiger partial charge in [-0.25, -0.2) is 12.7 Å². The summed E-state index contributed by atoms with van der Waals surface area (Å²) in [6, 6.07) is 12.1. The summed E-state index contributed by atoms with van der Waals surface area (Å²) in [5.74, 6) is -0.833. The highest BCUT2D eigenvalue weighted by molar-refractivity contribution is 7.90. The summed E-state index contributed by atoms with van der Waals surface area (Å²) in [5, 5.41) is 2.80. The molecule has 2 aromatic rings. The first-order valence-electron chi connectivity index (χ1n) is 10.9. The molecule has 2 aromatic carbocycles. The smallest absolute Gasteiger partial charge is 0.269 e. The van der Waals surface area contributed by atoms with Crippen LogP contribution in [0, 0.1) is 0 Å². The van der Waals surface area contributed by atoms with Crippen molar-refractivity contribution in [3.05, 3.63) is 59.7 Å². The number of hydrogen-bond donors (Lipinski definition) is 1. The minimum Gasteiger partial charge on any atom is -0.497 e. The molecule has 182 valence electrons. The number of sulfonamides is 1. The molecule has 0 saturated carbocycles. The van der Waals surface area contributed by atoms with Crippen LogP contribution in [0.2, 0.25) is 0 Å². The zero-order valence-electron chi connectivity index (χ0n) is 19.6. The first-order chi connectivity index (χ1) is 16.1. The van der Waals surface area contributed by atoms with E-state index in [4.69, 9.17) is 4.74 Å². The van der Waals surface area contributed by atoms with Crippen LogP contribution in [-0.4, -0.2) is 61.1 Å². The number of amides is 3. The lowest BCUT2D eigenvalue weighted by atomic mass is 10.1. The number of fused-ring (bicyclic) bond motifs is 1. The van der Waals surface area contributed by atoms with Crippen LogP contribution in [0.3, 0.4) is 0 Å². The fourth-order valence-electron chi connectivity index (χ4n) is 3.75. The molecule has 1 aliphatic rings. The average Bonchev–Trinajstić information content (AvgIpc) is 3.00. The standard InChI is InChI=1S/C24H29N3O6S/c1-16(2)25-23(29)17(3)26(15-18-8-7-9-19(14-18)33-4)22(28)12-13-27-24(30)20-10-5-6-11-21(20)34(27,31)32/h5-11,14,16-17H,12-13,15H2,1-4H3,(H,25,29)/t17-/m1/s1. The Kier molecular flexibility index (Phi) is 7.61. The highest BCUT2D eigenvalue weighted by Gasteiger charge is 2.41. The van der Waals surface area contributed by atoms with Gasteiger partial charge in [0, 0.05) is 25.6 Å². The Bertz CT molecular complexity index is 1190. The Morgan fingerprint density at radius 2 is 1.79 bits per heavy atom. The molecule has 0 spiro atoms. The molecule has 0 bridgehead atoms. The Morgan fingerprint density at radius 1 is 1.09 bits per heavy atom. The van der Waals surface area contributed by atoms with Crippen LogP contribution in [-0.2, 0) is 26.2 Å². The molecule has 1 N–H and O–H groups in total. The van der Waals surface area contributed by atoms with Crippen LogP contribution in [0.4, 0.5) is 0 Å². The van der Waals surface area contributed by atoms with Crippen LogP contribution in [0.15, 0.2) is 53.4 Å². The van der Waals surface area contributed by atoms with Crippen molar-refractivity contribution in [1.29, 1.82) is 0 Å². The van der Waals surface area contributed by atoms with Gasteiger partial charge < -0.3 is 15.0 Å². The van der Waals surface area contributed by atoms with E-state index in [1.807, 2.05) is 13.8 Å². The lowest BCUT2D eigenvalue weighted by Crippen LogP contribution is -2.49. The monoisotopic (exact) mass is 487 g/mol. The Morgan fingerprint density at radius 3 is 2.44 bits per heavy atom. The zero-order valence-corrected chi connectivity index (χ0v) is 20.5. The summed E-state index contributed by atoms with van der Waals surface area (Å²) in [5.41, 5.74) is 0.835. The van der Waals surface area contributed by atoms with Crippen molar-refractivity contribution in [3.8, 4) is 5.75 Å². The lowest BCUT2D eigenvalue weighted by molar-refractivity contribution is -0.140. The number of ether oxygens (including phenoxy) is 1. The number of carbonyl (C=O) groups excluding carboxylic acids is 3. The summed E-state index contributed by atoms with van der Waals surface area (Å²) in [4.78, 5) is 39.9. The van der Waals surface area contributed by atoms with E-state index >= 15 is 0 Å². The first kappa shape index (κ1) is 25.2. The van der Waals surface area contributed by atoms with Gasteiger partial charge in [-0.1, -0.05) is 24.3 Å². The Hall–Kier alpha value is -3.40. The molecule has 0 unspecified atom stereocenters. The quantitative estimate of drug-likeness (QED) is 0.580. The van der Waals surface area contributed by atoms with Crippen LogP contribution >= 0.6 is 0 Å². The largest absolute Gasteiger partial charge is 0.497 e. The molecule has 0 aromatic heterocycles. The van der Waals surface area contributed by atoms with Crippen LogP contribution < -0.4 is 10.1 Å². The molecular weight excluding hydrogens is 458 g/mol. The van der Waals surface area contributed by atoms with E-state index < -0.39 is 27.9 Å². The molecule has 0 saturated heterocycles. The molecule has 0 radical (unpaired) electrons. The molecular formula is C24H29N3O6S. The van der Waals surface area contributed by atoms with E-state index in [0.29, 0.717) is 5.75 Å². The van der Waals surface area contributed by atoms with Crippen molar-refractivity contribution >= 4 is 27.7 Å². The highest BCUT2D eigenvalue weighted by Crippen LogP contribution is 2.30. The summed E-state index contributed by atoms with van der Waals surface area (Å²) >= 11 is 0. The number of rotatable bonds is 9. The third-order valence-corrected chi connectivity index (χ3v) is 7.37. The molecule has 3 rings (SSSR count). The number of methoxy groups -OCH3 is 1. The van der Waals surface area contributed by atoms with Crippen LogP contribution in [0.1, 0.15) is 43.1 Å². The summed E-state index contributed by atoms with van der Waals surface area (Å²) in [6.07, 6.45) is -0.262. The highest BCUT2D eigenvalue weighted by atomic mass is 32.2. The number of benzene rings is 2. The van der Waals surface area contributed by atoms with Crippen molar-refractivity contribution in [2.75, 3.05) is 13.7 Å². The second-order valence-electron chi connectivity index (χ2n) is 8.34. The van der Waals surface area contributed by atoms with Gasteiger partial charge in [0.05, 0.1) is 12.7 Å². The normalized spacial score (nSPS) is 15.1. The topological polar surface area (TPSA) is 113 Å². The molecule has 1 atom stereocenters. The van der Waals surface area contributed by atoms with Gasteiger partial charge in [0.25, 0.3) is 15.9 Å². The third-order valence-electron chi connectivity index (χ3n) is 5.53. The van der Waals surface area contributed by atoms with Gasteiger partial charge in [-0.3, -0.25) is 14.4 Å². The van der Waals surface area contributed by atoms with E-state index in [1.165, 1.54) is 24.1 Å².